The van der Waals surface area contributed by atoms with Gasteiger partial charge in [0.2, 0.25) is 0 Å². The summed E-state index contributed by atoms with van der Waals surface area (Å²) in [5.74, 6) is 0.291. The first kappa shape index (κ1) is 10.9. The molecule has 1 N–H and O–H groups in total. The Balaban J connectivity index is 2.15. The van der Waals surface area contributed by atoms with Gasteiger partial charge in [0.1, 0.15) is 0 Å². The second-order valence-corrected chi connectivity index (χ2v) is 4.06. The molecule has 1 fully saturated rings. The van der Waals surface area contributed by atoms with Crippen LogP contribution in [0.25, 0.3) is 0 Å². The molecule has 1 atom stereocenters. The molecule has 1 unspecified atom stereocenters. The van der Waals surface area contributed by atoms with Crippen LogP contribution in [0.5, 0.6) is 0 Å². The van der Waals surface area contributed by atoms with Crippen molar-refractivity contribution in [3.05, 3.63) is 34.4 Å². The Labute approximate surface area is 93.5 Å². The van der Waals surface area contributed by atoms with Crippen molar-refractivity contribution in [1.82, 2.24) is 0 Å². The van der Waals surface area contributed by atoms with E-state index in [4.69, 9.17) is 5.11 Å². The zero-order valence-corrected chi connectivity index (χ0v) is 8.87. The van der Waals surface area contributed by atoms with Gasteiger partial charge < -0.3 is 10.0 Å². The third-order valence-electron chi connectivity index (χ3n) is 2.95. The molecule has 0 radical (unpaired) electrons. The molecule has 1 aliphatic heterocycles. The van der Waals surface area contributed by atoms with Crippen molar-refractivity contribution in [3.8, 4) is 0 Å². The second kappa shape index (κ2) is 4.49. The first-order valence-corrected chi connectivity index (χ1v) is 5.31. The highest BCUT2D eigenvalue weighted by atomic mass is 16.6. The van der Waals surface area contributed by atoms with E-state index in [1.165, 1.54) is 6.07 Å². The fraction of sp³-hybridized carbons (Fsp3) is 0.455. The smallest absolute Gasteiger partial charge is 0.271 e. The number of nitro benzene ring substituents is 1. The number of nitrogens with zero attached hydrogens (tertiary/aromatic N) is 2. The summed E-state index contributed by atoms with van der Waals surface area (Å²) in [6, 6.07) is 6.63. The molecular weight excluding hydrogens is 208 g/mol. The van der Waals surface area contributed by atoms with Gasteiger partial charge in [0, 0.05) is 43.4 Å². The highest BCUT2D eigenvalue weighted by Gasteiger charge is 2.22. The van der Waals surface area contributed by atoms with Gasteiger partial charge in [0.15, 0.2) is 0 Å². The molecule has 2 rings (SSSR count). The van der Waals surface area contributed by atoms with E-state index < -0.39 is 0 Å². The van der Waals surface area contributed by atoms with Crippen molar-refractivity contribution in [1.29, 1.82) is 0 Å². The number of aliphatic hydroxyl groups excluding tert-OH is 1. The van der Waals surface area contributed by atoms with Gasteiger partial charge in [-0.25, -0.2) is 0 Å². The molecule has 0 amide bonds. The van der Waals surface area contributed by atoms with Gasteiger partial charge in [-0.05, 0) is 12.5 Å². The lowest BCUT2D eigenvalue weighted by molar-refractivity contribution is -0.384. The van der Waals surface area contributed by atoms with Gasteiger partial charge in [0.05, 0.1) is 4.92 Å². The maximum atomic E-state index is 10.6. The van der Waals surface area contributed by atoms with E-state index >= 15 is 0 Å². The molecule has 0 aliphatic carbocycles. The van der Waals surface area contributed by atoms with Crippen LogP contribution in [-0.2, 0) is 0 Å². The average molecular weight is 222 g/mol. The van der Waals surface area contributed by atoms with Crippen LogP contribution in [0.4, 0.5) is 11.4 Å². The molecular formula is C11H14N2O3. The maximum Gasteiger partial charge on any atom is 0.271 e. The summed E-state index contributed by atoms with van der Waals surface area (Å²) < 4.78 is 0. The molecule has 0 aromatic heterocycles. The Bertz CT molecular complexity index is 395. The lowest BCUT2D eigenvalue weighted by Gasteiger charge is -2.17. The summed E-state index contributed by atoms with van der Waals surface area (Å²) in [7, 11) is 0. The topological polar surface area (TPSA) is 66.6 Å². The zero-order chi connectivity index (χ0) is 11.5. The monoisotopic (exact) mass is 222 g/mol. The number of nitro groups is 1. The van der Waals surface area contributed by atoms with E-state index in [1.807, 2.05) is 6.07 Å². The fourth-order valence-corrected chi connectivity index (χ4v) is 2.02. The van der Waals surface area contributed by atoms with Gasteiger partial charge >= 0.3 is 0 Å². The lowest BCUT2D eigenvalue weighted by Crippen LogP contribution is -2.20. The van der Waals surface area contributed by atoms with Crippen molar-refractivity contribution in [2.75, 3.05) is 24.6 Å². The van der Waals surface area contributed by atoms with Crippen LogP contribution >= 0.6 is 0 Å². The van der Waals surface area contributed by atoms with Gasteiger partial charge in [-0.1, -0.05) is 6.07 Å². The number of aliphatic hydroxyl groups is 1. The number of hydrogen-bond acceptors (Lipinski definition) is 4. The molecule has 1 heterocycles. The molecule has 1 aromatic rings. The quantitative estimate of drug-likeness (QED) is 0.620. The van der Waals surface area contributed by atoms with E-state index in [0.29, 0.717) is 5.92 Å². The molecule has 0 spiro atoms. The van der Waals surface area contributed by atoms with Crippen LogP contribution in [0.2, 0.25) is 0 Å². The molecule has 1 aliphatic rings. The summed E-state index contributed by atoms with van der Waals surface area (Å²) >= 11 is 0. The third-order valence-corrected chi connectivity index (χ3v) is 2.95. The predicted octanol–water partition coefficient (Wildman–Crippen LogP) is 1.41. The Morgan fingerprint density at radius 3 is 3.00 bits per heavy atom. The Kier molecular flexibility index (Phi) is 3.05. The first-order valence-electron chi connectivity index (χ1n) is 5.31. The van der Waals surface area contributed by atoms with Crippen LogP contribution in [0.15, 0.2) is 24.3 Å². The second-order valence-electron chi connectivity index (χ2n) is 4.06. The molecule has 1 saturated heterocycles. The number of anilines is 1. The number of benzene rings is 1. The first-order chi connectivity index (χ1) is 7.70. The normalized spacial score (nSPS) is 20.1. The zero-order valence-electron chi connectivity index (χ0n) is 8.87. The minimum absolute atomic E-state index is 0.116. The van der Waals surface area contributed by atoms with Crippen LogP contribution in [0.3, 0.4) is 0 Å². The summed E-state index contributed by atoms with van der Waals surface area (Å²) in [6.45, 7) is 1.81. The summed E-state index contributed by atoms with van der Waals surface area (Å²) in [4.78, 5) is 12.3. The third kappa shape index (κ3) is 2.14. The van der Waals surface area contributed by atoms with E-state index in [9.17, 15) is 10.1 Å². The van der Waals surface area contributed by atoms with Crippen LogP contribution in [0.1, 0.15) is 6.42 Å². The van der Waals surface area contributed by atoms with Crippen molar-refractivity contribution in [2.45, 2.75) is 6.42 Å². The van der Waals surface area contributed by atoms with E-state index in [1.54, 1.807) is 12.1 Å². The SMILES string of the molecule is O=[N+]([O-])c1cccc(N2CCC(CO)C2)c1. The highest BCUT2D eigenvalue weighted by molar-refractivity contribution is 5.53. The number of hydrogen-bond donors (Lipinski definition) is 1. The Morgan fingerprint density at radius 1 is 1.56 bits per heavy atom. The lowest BCUT2D eigenvalue weighted by atomic mass is 10.1. The minimum Gasteiger partial charge on any atom is -0.396 e. The average Bonchev–Trinajstić information content (AvgIpc) is 2.77. The standard InChI is InChI=1S/C11H14N2O3/c14-8-9-4-5-12(7-9)10-2-1-3-11(6-10)13(15)16/h1-3,6,9,14H,4-5,7-8H2. The van der Waals surface area contributed by atoms with Crippen molar-refractivity contribution in [3.63, 3.8) is 0 Å². The number of non-ortho nitro benzene ring substituents is 1. The van der Waals surface area contributed by atoms with Gasteiger partial charge in [-0.15, -0.1) is 0 Å². The largest absolute Gasteiger partial charge is 0.396 e. The maximum absolute atomic E-state index is 10.6. The van der Waals surface area contributed by atoms with Crippen LogP contribution in [0, 0.1) is 16.0 Å². The summed E-state index contributed by atoms with van der Waals surface area (Å²) in [6.07, 6.45) is 0.944. The number of rotatable bonds is 3. The van der Waals surface area contributed by atoms with Crippen molar-refractivity contribution >= 4 is 11.4 Å². The molecule has 0 saturated carbocycles. The predicted molar refractivity (Wildman–Crippen MR) is 60.5 cm³/mol. The molecule has 86 valence electrons. The molecule has 5 heteroatoms. The van der Waals surface area contributed by atoms with Gasteiger partial charge in [-0.2, -0.15) is 0 Å². The molecule has 5 nitrogen and oxygen atoms in total. The van der Waals surface area contributed by atoms with Gasteiger partial charge in [-0.3, -0.25) is 10.1 Å². The van der Waals surface area contributed by atoms with E-state index in [0.717, 1.165) is 25.2 Å². The Morgan fingerprint density at radius 2 is 2.38 bits per heavy atom. The highest BCUT2D eigenvalue weighted by Crippen LogP contribution is 2.26. The molecule has 1 aromatic carbocycles. The van der Waals surface area contributed by atoms with Crippen molar-refractivity contribution < 1.29 is 10.0 Å². The van der Waals surface area contributed by atoms with Crippen LogP contribution in [-0.4, -0.2) is 29.7 Å². The minimum atomic E-state index is -0.386. The van der Waals surface area contributed by atoms with E-state index in [2.05, 4.69) is 4.90 Å². The summed E-state index contributed by atoms with van der Waals surface area (Å²) in [5.41, 5.74) is 0.982. The van der Waals surface area contributed by atoms with Gasteiger partial charge in [0.25, 0.3) is 5.69 Å². The Hall–Kier alpha value is -1.62. The molecule has 16 heavy (non-hydrogen) atoms. The van der Waals surface area contributed by atoms with Crippen molar-refractivity contribution in [2.24, 2.45) is 5.92 Å². The van der Waals surface area contributed by atoms with Crippen LogP contribution < -0.4 is 4.90 Å². The summed E-state index contributed by atoms with van der Waals surface area (Å²) in [5, 5.41) is 19.7. The fourth-order valence-electron chi connectivity index (χ4n) is 2.02. The molecule has 0 bridgehead atoms. The van der Waals surface area contributed by atoms with E-state index in [-0.39, 0.29) is 17.2 Å².